The van der Waals surface area contributed by atoms with Crippen molar-refractivity contribution in [1.29, 1.82) is 0 Å². The molecule has 0 radical (unpaired) electrons. The van der Waals surface area contributed by atoms with Crippen molar-refractivity contribution in [2.24, 2.45) is 0 Å². The fraction of sp³-hybridized carbons (Fsp3) is 0.333. The van der Waals surface area contributed by atoms with Crippen LogP contribution in [-0.4, -0.2) is 13.2 Å². The van der Waals surface area contributed by atoms with Gasteiger partial charge in [-0.05, 0) is 50.9 Å². The highest BCUT2D eigenvalue weighted by molar-refractivity contribution is 9.11. The van der Waals surface area contributed by atoms with E-state index in [-0.39, 0.29) is 5.75 Å². The second-order valence-corrected chi connectivity index (χ2v) is 4.15. The maximum Gasteiger partial charge on any atom is 0.387 e. The topological polar surface area (TPSA) is 18.5 Å². The van der Waals surface area contributed by atoms with Crippen molar-refractivity contribution in [1.82, 2.24) is 0 Å². The van der Waals surface area contributed by atoms with Crippen LogP contribution in [0.25, 0.3) is 0 Å². The van der Waals surface area contributed by atoms with Gasteiger partial charge in [0.1, 0.15) is 10.2 Å². The van der Waals surface area contributed by atoms with Gasteiger partial charge < -0.3 is 9.47 Å². The molecule has 0 amide bonds. The average molecular weight is 346 g/mol. The molecular formula is C9H8Br2F2O2. The number of hydrogen-bond donors (Lipinski definition) is 0. The summed E-state index contributed by atoms with van der Waals surface area (Å²) in [4.78, 5) is 0. The minimum Gasteiger partial charge on any atom is -0.491 e. The molecule has 0 saturated carbocycles. The molecule has 0 spiro atoms. The zero-order valence-electron chi connectivity index (χ0n) is 7.77. The third kappa shape index (κ3) is 3.31. The van der Waals surface area contributed by atoms with Crippen molar-refractivity contribution in [2.45, 2.75) is 13.5 Å². The molecule has 6 heteroatoms. The van der Waals surface area contributed by atoms with E-state index in [0.717, 1.165) is 0 Å². The van der Waals surface area contributed by atoms with Gasteiger partial charge >= 0.3 is 6.61 Å². The normalized spacial score (nSPS) is 10.5. The zero-order valence-corrected chi connectivity index (χ0v) is 10.9. The molecule has 15 heavy (non-hydrogen) atoms. The monoisotopic (exact) mass is 344 g/mol. The van der Waals surface area contributed by atoms with Crippen LogP contribution in [0.3, 0.4) is 0 Å². The van der Waals surface area contributed by atoms with Crippen LogP contribution in [-0.2, 0) is 0 Å². The lowest BCUT2D eigenvalue weighted by Crippen LogP contribution is -2.03. The van der Waals surface area contributed by atoms with Crippen LogP contribution in [0.15, 0.2) is 21.1 Å². The van der Waals surface area contributed by atoms with Crippen molar-refractivity contribution in [3.8, 4) is 11.5 Å². The summed E-state index contributed by atoms with van der Waals surface area (Å²) in [6, 6.07) is 3.02. The maximum absolute atomic E-state index is 12.0. The maximum atomic E-state index is 12.0. The number of alkyl halides is 2. The molecule has 0 aromatic heterocycles. The third-order valence-corrected chi connectivity index (χ3v) is 2.89. The highest BCUT2D eigenvalue weighted by atomic mass is 79.9. The van der Waals surface area contributed by atoms with E-state index in [4.69, 9.17) is 4.74 Å². The van der Waals surface area contributed by atoms with Gasteiger partial charge in [0.15, 0.2) is 5.75 Å². The number of hydrogen-bond acceptors (Lipinski definition) is 2. The molecule has 0 atom stereocenters. The van der Waals surface area contributed by atoms with E-state index in [1.54, 1.807) is 13.0 Å². The molecule has 84 valence electrons. The molecule has 0 aliphatic carbocycles. The van der Waals surface area contributed by atoms with Gasteiger partial charge in [-0.15, -0.1) is 0 Å². The van der Waals surface area contributed by atoms with Gasteiger partial charge in [-0.2, -0.15) is 8.78 Å². The minimum absolute atomic E-state index is 0.0525. The standard InChI is InChI=1S/C9H8Br2F2O2/c1-2-14-8-5(10)3-4-6(7(8)11)15-9(12)13/h3-4,9H,2H2,1H3. The number of halogens is 4. The molecule has 0 saturated heterocycles. The number of benzene rings is 1. The van der Waals surface area contributed by atoms with E-state index in [0.29, 0.717) is 21.3 Å². The summed E-state index contributed by atoms with van der Waals surface area (Å²) >= 11 is 6.40. The molecule has 2 nitrogen and oxygen atoms in total. The Morgan fingerprint density at radius 1 is 1.33 bits per heavy atom. The summed E-state index contributed by atoms with van der Waals surface area (Å²) in [7, 11) is 0. The Morgan fingerprint density at radius 3 is 2.53 bits per heavy atom. The predicted octanol–water partition coefficient (Wildman–Crippen LogP) is 4.21. The van der Waals surface area contributed by atoms with E-state index < -0.39 is 6.61 Å². The summed E-state index contributed by atoms with van der Waals surface area (Å²) in [5.74, 6) is 0.507. The summed E-state index contributed by atoms with van der Waals surface area (Å²) in [5.41, 5.74) is 0. The minimum atomic E-state index is -2.85. The molecule has 0 bridgehead atoms. The molecule has 1 aromatic carbocycles. The smallest absolute Gasteiger partial charge is 0.387 e. The summed E-state index contributed by atoms with van der Waals surface area (Å²) in [5, 5.41) is 0. The fourth-order valence-corrected chi connectivity index (χ4v) is 2.24. The van der Waals surface area contributed by atoms with E-state index in [1.807, 2.05) is 0 Å². The summed E-state index contributed by atoms with van der Waals surface area (Å²) in [6.07, 6.45) is 0. The summed E-state index contributed by atoms with van der Waals surface area (Å²) < 4.78 is 34.7. The molecule has 0 aliphatic heterocycles. The molecule has 1 rings (SSSR count). The van der Waals surface area contributed by atoms with Gasteiger partial charge in [0, 0.05) is 0 Å². The van der Waals surface area contributed by atoms with Crippen LogP contribution >= 0.6 is 31.9 Å². The van der Waals surface area contributed by atoms with Crippen LogP contribution < -0.4 is 9.47 Å². The molecule has 0 heterocycles. The second kappa shape index (κ2) is 5.65. The molecule has 0 unspecified atom stereocenters. The largest absolute Gasteiger partial charge is 0.491 e. The van der Waals surface area contributed by atoms with Crippen LogP contribution in [0.5, 0.6) is 11.5 Å². The van der Waals surface area contributed by atoms with Crippen LogP contribution in [0.1, 0.15) is 6.92 Å². The quantitative estimate of drug-likeness (QED) is 0.813. The lowest BCUT2D eigenvalue weighted by molar-refractivity contribution is -0.0504. The van der Waals surface area contributed by atoms with Gasteiger partial charge in [-0.3, -0.25) is 0 Å². The van der Waals surface area contributed by atoms with Crippen molar-refractivity contribution in [3.05, 3.63) is 21.1 Å². The van der Waals surface area contributed by atoms with Crippen molar-refractivity contribution in [2.75, 3.05) is 6.61 Å². The summed E-state index contributed by atoms with van der Waals surface area (Å²) in [6.45, 7) is -0.605. The molecule has 0 fully saturated rings. The van der Waals surface area contributed by atoms with E-state index >= 15 is 0 Å². The lowest BCUT2D eigenvalue weighted by Gasteiger charge is -2.12. The Balaban J connectivity index is 3.04. The number of rotatable bonds is 4. The van der Waals surface area contributed by atoms with Crippen LogP contribution in [0.2, 0.25) is 0 Å². The van der Waals surface area contributed by atoms with Crippen molar-refractivity contribution in [3.63, 3.8) is 0 Å². The first kappa shape index (κ1) is 12.7. The third-order valence-electron chi connectivity index (χ3n) is 1.52. The molecule has 0 aliphatic rings. The first-order chi connectivity index (χ1) is 7.06. The highest BCUT2D eigenvalue weighted by Gasteiger charge is 2.14. The highest BCUT2D eigenvalue weighted by Crippen LogP contribution is 2.40. The Morgan fingerprint density at radius 2 is 2.00 bits per heavy atom. The van der Waals surface area contributed by atoms with Gasteiger partial charge in [0.05, 0.1) is 11.1 Å². The Labute approximate surface area is 103 Å². The van der Waals surface area contributed by atoms with E-state index in [2.05, 4.69) is 36.6 Å². The first-order valence-electron chi connectivity index (χ1n) is 4.11. The Kier molecular flexibility index (Phi) is 4.79. The zero-order chi connectivity index (χ0) is 11.4. The lowest BCUT2D eigenvalue weighted by atomic mass is 10.3. The van der Waals surface area contributed by atoms with Gasteiger partial charge in [0.2, 0.25) is 0 Å². The van der Waals surface area contributed by atoms with Gasteiger partial charge in [0.25, 0.3) is 0 Å². The Hall–Kier alpha value is -0.360. The number of ether oxygens (including phenoxy) is 2. The fourth-order valence-electron chi connectivity index (χ4n) is 0.978. The van der Waals surface area contributed by atoms with E-state index in [9.17, 15) is 8.78 Å². The first-order valence-corrected chi connectivity index (χ1v) is 5.70. The SMILES string of the molecule is CCOc1c(Br)ccc(OC(F)F)c1Br. The van der Waals surface area contributed by atoms with Crippen molar-refractivity contribution < 1.29 is 18.3 Å². The van der Waals surface area contributed by atoms with Crippen LogP contribution in [0, 0.1) is 0 Å². The predicted molar refractivity (Wildman–Crippen MR) is 59.6 cm³/mol. The van der Waals surface area contributed by atoms with Gasteiger partial charge in [-0.25, -0.2) is 0 Å². The van der Waals surface area contributed by atoms with Gasteiger partial charge in [-0.1, -0.05) is 0 Å². The van der Waals surface area contributed by atoms with Crippen LogP contribution in [0.4, 0.5) is 8.78 Å². The van der Waals surface area contributed by atoms with E-state index in [1.165, 1.54) is 6.07 Å². The average Bonchev–Trinajstić information content (AvgIpc) is 2.16. The Bertz CT molecular complexity index is 345. The molecule has 0 N–H and O–H groups in total. The molecule has 1 aromatic rings. The molecular weight excluding hydrogens is 338 g/mol. The second-order valence-electron chi connectivity index (χ2n) is 2.50. The van der Waals surface area contributed by atoms with Crippen molar-refractivity contribution >= 4 is 31.9 Å².